The van der Waals surface area contributed by atoms with E-state index in [0.717, 1.165) is 15.7 Å². The second-order valence-electron chi connectivity index (χ2n) is 3.70. The molecule has 0 saturated carbocycles. The molecule has 1 rings (SSSR count). The lowest BCUT2D eigenvalue weighted by Gasteiger charge is -2.08. The van der Waals surface area contributed by atoms with Gasteiger partial charge in [-0.15, -0.1) is 0 Å². The SMILES string of the molecule is Cc1cc(NC(N)=NC(C)C)ccc1Br. The number of hydrogen-bond acceptors (Lipinski definition) is 1. The molecule has 0 aromatic heterocycles. The molecule has 1 aromatic rings. The zero-order valence-electron chi connectivity index (χ0n) is 9.21. The summed E-state index contributed by atoms with van der Waals surface area (Å²) in [7, 11) is 0. The lowest BCUT2D eigenvalue weighted by molar-refractivity contribution is 0.833. The summed E-state index contributed by atoms with van der Waals surface area (Å²) >= 11 is 3.45. The monoisotopic (exact) mass is 269 g/mol. The van der Waals surface area contributed by atoms with Crippen molar-refractivity contribution in [3.63, 3.8) is 0 Å². The fourth-order valence-corrected chi connectivity index (χ4v) is 1.43. The van der Waals surface area contributed by atoms with Crippen LogP contribution in [0.3, 0.4) is 0 Å². The van der Waals surface area contributed by atoms with Gasteiger partial charge in [0.1, 0.15) is 0 Å². The molecule has 0 aliphatic rings. The van der Waals surface area contributed by atoms with E-state index in [1.165, 1.54) is 0 Å². The summed E-state index contributed by atoms with van der Waals surface area (Å²) in [4.78, 5) is 4.20. The van der Waals surface area contributed by atoms with Crippen LogP contribution in [0.25, 0.3) is 0 Å². The molecule has 0 amide bonds. The van der Waals surface area contributed by atoms with Crippen molar-refractivity contribution in [2.24, 2.45) is 10.7 Å². The maximum atomic E-state index is 5.72. The van der Waals surface area contributed by atoms with Gasteiger partial charge in [0.2, 0.25) is 0 Å². The minimum atomic E-state index is 0.203. The lowest BCUT2D eigenvalue weighted by Crippen LogP contribution is -2.23. The van der Waals surface area contributed by atoms with E-state index in [1.807, 2.05) is 39.0 Å². The predicted molar refractivity (Wildman–Crippen MR) is 69.3 cm³/mol. The van der Waals surface area contributed by atoms with E-state index in [2.05, 4.69) is 26.2 Å². The molecule has 4 heteroatoms. The molecule has 82 valence electrons. The van der Waals surface area contributed by atoms with Crippen molar-refractivity contribution < 1.29 is 0 Å². The summed E-state index contributed by atoms with van der Waals surface area (Å²) in [6.45, 7) is 6.01. The summed E-state index contributed by atoms with van der Waals surface area (Å²) in [6.07, 6.45) is 0. The molecule has 0 atom stereocenters. The van der Waals surface area contributed by atoms with Crippen molar-refractivity contribution in [3.8, 4) is 0 Å². The van der Waals surface area contributed by atoms with E-state index in [4.69, 9.17) is 5.73 Å². The van der Waals surface area contributed by atoms with Gasteiger partial charge < -0.3 is 11.1 Å². The zero-order valence-corrected chi connectivity index (χ0v) is 10.8. The number of benzene rings is 1. The largest absolute Gasteiger partial charge is 0.370 e. The Morgan fingerprint density at radius 2 is 2.13 bits per heavy atom. The van der Waals surface area contributed by atoms with E-state index in [1.54, 1.807) is 0 Å². The van der Waals surface area contributed by atoms with Gasteiger partial charge in [-0.05, 0) is 44.5 Å². The number of nitrogens with two attached hydrogens (primary N) is 1. The average Bonchev–Trinajstić information content (AvgIpc) is 2.10. The second kappa shape index (κ2) is 5.16. The molecule has 3 nitrogen and oxygen atoms in total. The fraction of sp³-hybridized carbons (Fsp3) is 0.364. The Morgan fingerprint density at radius 1 is 1.47 bits per heavy atom. The average molecular weight is 270 g/mol. The van der Waals surface area contributed by atoms with Crippen LogP contribution in [0.5, 0.6) is 0 Å². The summed E-state index contributed by atoms with van der Waals surface area (Å²) in [5.74, 6) is 0.451. The number of rotatable bonds is 2. The van der Waals surface area contributed by atoms with Crippen molar-refractivity contribution in [2.75, 3.05) is 5.32 Å². The van der Waals surface area contributed by atoms with Crippen LogP contribution in [-0.2, 0) is 0 Å². The third-order valence-corrected chi connectivity index (χ3v) is 2.72. The van der Waals surface area contributed by atoms with Crippen LogP contribution in [0.15, 0.2) is 27.7 Å². The molecule has 0 heterocycles. The van der Waals surface area contributed by atoms with Gasteiger partial charge in [0, 0.05) is 16.2 Å². The van der Waals surface area contributed by atoms with Crippen molar-refractivity contribution in [2.45, 2.75) is 26.8 Å². The van der Waals surface area contributed by atoms with Gasteiger partial charge in [0.25, 0.3) is 0 Å². The van der Waals surface area contributed by atoms with Gasteiger partial charge in [-0.3, -0.25) is 4.99 Å². The minimum absolute atomic E-state index is 0.203. The number of aryl methyl sites for hydroxylation is 1. The van der Waals surface area contributed by atoms with E-state index in [9.17, 15) is 0 Å². The van der Waals surface area contributed by atoms with Crippen molar-refractivity contribution in [3.05, 3.63) is 28.2 Å². The Balaban J connectivity index is 2.77. The maximum Gasteiger partial charge on any atom is 0.193 e. The smallest absolute Gasteiger partial charge is 0.193 e. The number of guanidine groups is 1. The van der Waals surface area contributed by atoms with Crippen molar-refractivity contribution in [1.29, 1.82) is 0 Å². The first-order valence-electron chi connectivity index (χ1n) is 4.85. The van der Waals surface area contributed by atoms with E-state index < -0.39 is 0 Å². The van der Waals surface area contributed by atoms with Crippen LogP contribution in [0.1, 0.15) is 19.4 Å². The van der Waals surface area contributed by atoms with Crippen LogP contribution in [0, 0.1) is 6.92 Å². The first-order valence-corrected chi connectivity index (χ1v) is 5.65. The number of halogens is 1. The Kier molecular flexibility index (Phi) is 4.15. The van der Waals surface area contributed by atoms with Gasteiger partial charge in [0.05, 0.1) is 0 Å². The Bertz CT molecular complexity index is 372. The molecule has 0 radical (unpaired) electrons. The van der Waals surface area contributed by atoms with Crippen LogP contribution < -0.4 is 11.1 Å². The molecule has 0 fully saturated rings. The highest BCUT2D eigenvalue weighted by Gasteiger charge is 1.99. The molecule has 0 spiro atoms. The summed E-state index contributed by atoms with van der Waals surface area (Å²) < 4.78 is 1.09. The molecule has 0 aliphatic carbocycles. The third-order valence-electron chi connectivity index (χ3n) is 1.83. The molecule has 0 saturated heterocycles. The highest BCUT2D eigenvalue weighted by Crippen LogP contribution is 2.19. The normalized spacial score (nSPS) is 11.9. The summed E-state index contributed by atoms with van der Waals surface area (Å²) in [6, 6.07) is 6.17. The van der Waals surface area contributed by atoms with Crippen molar-refractivity contribution >= 4 is 27.6 Å². The minimum Gasteiger partial charge on any atom is -0.370 e. The van der Waals surface area contributed by atoms with Crippen LogP contribution in [-0.4, -0.2) is 12.0 Å². The third kappa shape index (κ3) is 3.91. The number of aliphatic imine (C=N–C) groups is 1. The lowest BCUT2D eigenvalue weighted by atomic mass is 10.2. The Morgan fingerprint density at radius 3 is 2.67 bits per heavy atom. The zero-order chi connectivity index (χ0) is 11.4. The number of nitrogens with zero attached hydrogens (tertiary/aromatic N) is 1. The quantitative estimate of drug-likeness (QED) is 0.641. The van der Waals surface area contributed by atoms with Gasteiger partial charge in [-0.25, -0.2) is 0 Å². The van der Waals surface area contributed by atoms with Crippen LogP contribution in [0.4, 0.5) is 5.69 Å². The molecule has 0 bridgehead atoms. The van der Waals surface area contributed by atoms with E-state index >= 15 is 0 Å². The predicted octanol–water partition coefficient (Wildman–Crippen LogP) is 2.89. The molecule has 1 aromatic carbocycles. The van der Waals surface area contributed by atoms with Gasteiger partial charge in [0.15, 0.2) is 5.96 Å². The number of anilines is 1. The maximum absolute atomic E-state index is 5.72. The molecule has 0 unspecified atom stereocenters. The highest BCUT2D eigenvalue weighted by atomic mass is 79.9. The molecule has 15 heavy (non-hydrogen) atoms. The molecular weight excluding hydrogens is 254 g/mol. The standard InChI is InChI=1S/C11H16BrN3/c1-7(2)14-11(13)15-9-4-5-10(12)8(3)6-9/h4-7H,1-3H3,(H3,13,14,15). The number of nitrogens with one attached hydrogen (secondary N) is 1. The fourth-order valence-electron chi connectivity index (χ4n) is 1.18. The van der Waals surface area contributed by atoms with Gasteiger partial charge in [-0.2, -0.15) is 0 Å². The van der Waals surface area contributed by atoms with E-state index in [-0.39, 0.29) is 6.04 Å². The Labute approximate surface area is 98.9 Å². The first-order chi connectivity index (χ1) is 6.99. The van der Waals surface area contributed by atoms with Crippen LogP contribution >= 0.6 is 15.9 Å². The summed E-state index contributed by atoms with van der Waals surface area (Å²) in [5, 5.41) is 3.05. The molecule has 0 aliphatic heterocycles. The van der Waals surface area contributed by atoms with Gasteiger partial charge in [-0.1, -0.05) is 15.9 Å². The molecule has 3 N–H and O–H groups in total. The second-order valence-corrected chi connectivity index (χ2v) is 4.55. The summed E-state index contributed by atoms with van der Waals surface area (Å²) in [5.41, 5.74) is 7.84. The van der Waals surface area contributed by atoms with Crippen LogP contribution in [0.2, 0.25) is 0 Å². The molecular formula is C11H16BrN3. The highest BCUT2D eigenvalue weighted by molar-refractivity contribution is 9.10. The Hall–Kier alpha value is -1.03. The van der Waals surface area contributed by atoms with E-state index in [0.29, 0.717) is 5.96 Å². The number of hydrogen-bond donors (Lipinski definition) is 2. The topological polar surface area (TPSA) is 50.4 Å². The van der Waals surface area contributed by atoms with Crippen molar-refractivity contribution in [1.82, 2.24) is 0 Å². The van der Waals surface area contributed by atoms with Gasteiger partial charge >= 0.3 is 0 Å². The first kappa shape index (κ1) is 12.0.